The van der Waals surface area contributed by atoms with Crippen LogP contribution in [0, 0.1) is 0 Å². The van der Waals surface area contributed by atoms with Gasteiger partial charge < -0.3 is 4.74 Å². The maximum atomic E-state index is 4.86. The van der Waals surface area contributed by atoms with Crippen LogP contribution < -0.4 is 0 Å². The maximum Gasteiger partial charge on any atom is 0.0883 e. The van der Waals surface area contributed by atoms with Crippen LogP contribution in [0.4, 0.5) is 0 Å². The van der Waals surface area contributed by atoms with Gasteiger partial charge in [-0.25, -0.2) is 0 Å². The predicted octanol–water partition coefficient (Wildman–Crippen LogP) is 2.34. The minimum absolute atomic E-state index is 0.895. The van der Waals surface area contributed by atoms with E-state index in [-0.39, 0.29) is 0 Å². The number of methoxy groups -OCH3 is 1. The average Bonchev–Trinajstić information content (AvgIpc) is 1.83. The zero-order valence-electron chi connectivity index (χ0n) is 5.74. The summed E-state index contributed by atoms with van der Waals surface area (Å²) >= 11 is 0. The molecule has 0 aromatic carbocycles. The first-order chi connectivity index (χ1) is 3.81. The molecule has 0 radical (unpaired) electrons. The van der Waals surface area contributed by atoms with Crippen molar-refractivity contribution in [1.29, 1.82) is 0 Å². The van der Waals surface area contributed by atoms with Crippen LogP contribution in [0.15, 0.2) is 12.3 Å². The zero-order valence-corrected chi connectivity index (χ0v) is 5.74. The van der Waals surface area contributed by atoms with Gasteiger partial charge in [-0.3, -0.25) is 0 Å². The summed E-state index contributed by atoms with van der Waals surface area (Å²) in [6, 6.07) is 0. The molecule has 0 saturated heterocycles. The number of hydrogen-bond donors (Lipinski definition) is 0. The molecule has 0 saturated carbocycles. The molecule has 0 bridgehead atoms. The molecular formula is C7H14O. The quantitative estimate of drug-likeness (QED) is 0.510. The Morgan fingerprint density at radius 1 is 1.62 bits per heavy atom. The molecule has 48 valence electrons. The lowest BCUT2D eigenvalue weighted by Gasteiger charge is -1.99. The van der Waals surface area contributed by atoms with Gasteiger partial charge in [0, 0.05) is 6.42 Å². The number of unbranched alkanes of at least 4 members (excludes halogenated alkanes) is 1. The molecule has 0 spiro atoms. The normalized spacial score (nSPS) is 8.75. The summed E-state index contributed by atoms with van der Waals surface area (Å²) in [5.74, 6) is 0.895. The lowest BCUT2D eigenvalue weighted by molar-refractivity contribution is 0.277. The van der Waals surface area contributed by atoms with Crippen molar-refractivity contribution in [3.8, 4) is 0 Å². The lowest BCUT2D eigenvalue weighted by atomic mass is 10.2. The largest absolute Gasteiger partial charge is 0.502 e. The van der Waals surface area contributed by atoms with E-state index < -0.39 is 0 Å². The molecule has 0 aromatic heterocycles. The summed E-state index contributed by atoms with van der Waals surface area (Å²) in [5.41, 5.74) is 0. The van der Waals surface area contributed by atoms with Gasteiger partial charge in [-0.15, -0.1) is 0 Å². The predicted molar refractivity (Wildman–Crippen MR) is 35.7 cm³/mol. The van der Waals surface area contributed by atoms with E-state index >= 15 is 0 Å². The molecule has 0 aromatic rings. The van der Waals surface area contributed by atoms with Crippen LogP contribution >= 0.6 is 0 Å². The molecule has 0 aliphatic rings. The highest BCUT2D eigenvalue weighted by Crippen LogP contribution is 2.03. The second-order valence-corrected chi connectivity index (χ2v) is 1.85. The smallest absolute Gasteiger partial charge is 0.0883 e. The van der Waals surface area contributed by atoms with Gasteiger partial charge >= 0.3 is 0 Å². The third-order valence-electron chi connectivity index (χ3n) is 1.10. The molecule has 0 heterocycles. The van der Waals surface area contributed by atoms with Gasteiger partial charge in [0.1, 0.15) is 0 Å². The van der Waals surface area contributed by atoms with E-state index in [4.69, 9.17) is 4.74 Å². The lowest BCUT2D eigenvalue weighted by Crippen LogP contribution is -1.82. The van der Waals surface area contributed by atoms with Crippen molar-refractivity contribution in [3.63, 3.8) is 0 Å². The van der Waals surface area contributed by atoms with E-state index in [1.807, 2.05) is 0 Å². The minimum atomic E-state index is 0.895. The minimum Gasteiger partial charge on any atom is -0.502 e. The second kappa shape index (κ2) is 4.69. The van der Waals surface area contributed by atoms with E-state index in [2.05, 4.69) is 13.5 Å². The van der Waals surface area contributed by atoms with Gasteiger partial charge in [0.25, 0.3) is 0 Å². The summed E-state index contributed by atoms with van der Waals surface area (Å²) in [7, 11) is 1.66. The highest BCUT2D eigenvalue weighted by molar-refractivity contribution is 4.80. The Kier molecular flexibility index (Phi) is 4.42. The highest BCUT2D eigenvalue weighted by atomic mass is 16.5. The van der Waals surface area contributed by atoms with Gasteiger partial charge in [-0.1, -0.05) is 19.9 Å². The van der Waals surface area contributed by atoms with E-state index in [1.165, 1.54) is 12.8 Å². The van der Waals surface area contributed by atoms with Crippen molar-refractivity contribution in [2.45, 2.75) is 26.2 Å². The molecule has 1 nitrogen and oxygen atoms in total. The van der Waals surface area contributed by atoms with Crippen LogP contribution in [0.25, 0.3) is 0 Å². The SMILES string of the molecule is C=C(CCCC)OC. The van der Waals surface area contributed by atoms with Crippen molar-refractivity contribution >= 4 is 0 Å². The molecule has 0 unspecified atom stereocenters. The van der Waals surface area contributed by atoms with E-state index in [1.54, 1.807) is 7.11 Å². The van der Waals surface area contributed by atoms with Crippen LogP contribution in [0.5, 0.6) is 0 Å². The first-order valence-electron chi connectivity index (χ1n) is 3.03. The van der Waals surface area contributed by atoms with Gasteiger partial charge in [0.15, 0.2) is 0 Å². The molecule has 0 amide bonds. The fourth-order valence-electron chi connectivity index (χ4n) is 0.476. The summed E-state index contributed by atoms with van der Waals surface area (Å²) in [6.07, 6.45) is 3.40. The Morgan fingerprint density at radius 2 is 2.25 bits per heavy atom. The zero-order chi connectivity index (χ0) is 6.41. The molecule has 0 rings (SSSR count). The van der Waals surface area contributed by atoms with E-state index in [9.17, 15) is 0 Å². The first-order valence-corrected chi connectivity index (χ1v) is 3.03. The second-order valence-electron chi connectivity index (χ2n) is 1.85. The van der Waals surface area contributed by atoms with E-state index in [0.29, 0.717) is 0 Å². The third-order valence-corrected chi connectivity index (χ3v) is 1.10. The first kappa shape index (κ1) is 7.54. The summed E-state index contributed by atoms with van der Waals surface area (Å²) in [6.45, 7) is 5.84. The number of rotatable bonds is 4. The number of ether oxygens (including phenoxy) is 1. The molecule has 8 heavy (non-hydrogen) atoms. The number of allylic oxidation sites excluding steroid dienone is 1. The van der Waals surface area contributed by atoms with Crippen LogP contribution in [0.2, 0.25) is 0 Å². The monoisotopic (exact) mass is 114 g/mol. The van der Waals surface area contributed by atoms with E-state index in [0.717, 1.165) is 12.2 Å². The molecule has 0 aliphatic carbocycles. The Morgan fingerprint density at radius 3 is 2.62 bits per heavy atom. The van der Waals surface area contributed by atoms with Crippen molar-refractivity contribution in [1.82, 2.24) is 0 Å². The maximum absolute atomic E-state index is 4.86. The molecule has 1 heteroatoms. The van der Waals surface area contributed by atoms with Crippen molar-refractivity contribution in [2.75, 3.05) is 7.11 Å². The van der Waals surface area contributed by atoms with Crippen LogP contribution in [-0.4, -0.2) is 7.11 Å². The van der Waals surface area contributed by atoms with Gasteiger partial charge in [-0.2, -0.15) is 0 Å². The number of hydrogen-bond acceptors (Lipinski definition) is 1. The Hall–Kier alpha value is -0.460. The summed E-state index contributed by atoms with van der Waals surface area (Å²) in [4.78, 5) is 0. The third kappa shape index (κ3) is 3.72. The van der Waals surface area contributed by atoms with Crippen LogP contribution in [0.1, 0.15) is 26.2 Å². The highest BCUT2D eigenvalue weighted by Gasteiger charge is 1.87. The van der Waals surface area contributed by atoms with Gasteiger partial charge in [0.05, 0.1) is 12.9 Å². The average molecular weight is 114 g/mol. The van der Waals surface area contributed by atoms with Crippen molar-refractivity contribution in [2.24, 2.45) is 0 Å². The van der Waals surface area contributed by atoms with Crippen LogP contribution in [-0.2, 0) is 4.74 Å². The van der Waals surface area contributed by atoms with Crippen molar-refractivity contribution in [3.05, 3.63) is 12.3 Å². The van der Waals surface area contributed by atoms with Crippen molar-refractivity contribution < 1.29 is 4.74 Å². The fraction of sp³-hybridized carbons (Fsp3) is 0.714. The fourth-order valence-corrected chi connectivity index (χ4v) is 0.476. The molecule has 0 fully saturated rings. The Labute approximate surface area is 51.4 Å². The molecule has 0 atom stereocenters. The standard InChI is InChI=1S/C7H14O/c1-4-5-6-7(2)8-3/h2,4-6H2,1,3H3. The Bertz CT molecular complexity index is 66.8. The molecular weight excluding hydrogens is 100 g/mol. The van der Waals surface area contributed by atoms with Crippen LogP contribution in [0.3, 0.4) is 0 Å². The molecule has 0 N–H and O–H groups in total. The van der Waals surface area contributed by atoms with Gasteiger partial charge in [0.2, 0.25) is 0 Å². The Balaban J connectivity index is 2.99. The topological polar surface area (TPSA) is 9.23 Å². The summed E-state index contributed by atoms with van der Waals surface area (Å²) < 4.78 is 4.86. The molecule has 0 aliphatic heterocycles. The van der Waals surface area contributed by atoms with Gasteiger partial charge in [-0.05, 0) is 6.42 Å². The summed E-state index contributed by atoms with van der Waals surface area (Å²) in [5, 5.41) is 0.